The van der Waals surface area contributed by atoms with Gasteiger partial charge in [0.25, 0.3) is 0 Å². The minimum absolute atomic E-state index is 0.205. The second-order valence-electron chi connectivity index (χ2n) is 3.74. The second-order valence-corrected chi connectivity index (χ2v) is 4.13. The molecule has 0 saturated carbocycles. The third-order valence-electron chi connectivity index (χ3n) is 2.11. The van der Waals surface area contributed by atoms with Crippen LogP contribution in [0.25, 0.3) is 0 Å². The molecular formula is C11H18N2O2S. The van der Waals surface area contributed by atoms with Crippen molar-refractivity contribution in [1.29, 1.82) is 0 Å². The normalized spacial score (nSPS) is 12.2. The first-order chi connectivity index (χ1) is 7.63. The lowest BCUT2D eigenvalue weighted by Crippen LogP contribution is -2.43. The molecule has 4 nitrogen and oxygen atoms in total. The van der Waals surface area contributed by atoms with Gasteiger partial charge in [-0.1, -0.05) is 0 Å². The molecule has 0 aliphatic heterocycles. The Morgan fingerprint density at radius 1 is 1.69 bits per heavy atom. The Kier molecular flexibility index (Phi) is 5.28. The van der Waals surface area contributed by atoms with Crippen LogP contribution in [0.3, 0.4) is 0 Å². The summed E-state index contributed by atoms with van der Waals surface area (Å²) in [6.07, 6.45) is 1.66. The molecule has 0 spiro atoms. The number of thiocarbonyl (C=S) groups is 1. The van der Waals surface area contributed by atoms with Crippen LogP contribution in [0.1, 0.15) is 12.7 Å². The number of nitrogens with one attached hydrogen (secondary N) is 1. The zero-order chi connectivity index (χ0) is 12.0. The van der Waals surface area contributed by atoms with Crippen LogP contribution in [0.2, 0.25) is 0 Å². The molecule has 1 unspecified atom stereocenters. The molecule has 0 fully saturated rings. The van der Waals surface area contributed by atoms with E-state index in [1.807, 2.05) is 31.0 Å². The van der Waals surface area contributed by atoms with E-state index in [9.17, 15) is 0 Å². The number of hydrogen-bond acceptors (Lipinski definition) is 3. The fourth-order valence-electron chi connectivity index (χ4n) is 1.32. The van der Waals surface area contributed by atoms with Crippen LogP contribution in [0.5, 0.6) is 0 Å². The largest absolute Gasteiger partial charge is 0.467 e. The molecule has 1 rings (SSSR count). The minimum atomic E-state index is 0.205. The van der Waals surface area contributed by atoms with E-state index in [4.69, 9.17) is 21.4 Å². The Morgan fingerprint density at radius 2 is 2.44 bits per heavy atom. The van der Waals surface area contributed by atoms with E-state index in [1.54, 1.807) is 13.4 Å². The minimum Gasteiger partial charge on any atom is -0.467 e. The highest BCUT2D eigenvalue weighted by atomic mass is 32.1. The molecule has 90 valence electrons. The number of methoxy groups -OCH3 is 1. The Morgan fingerprint density at radius 3 is 3.00 bits per heavy atom. The van der Waals surface area contributed by atoms with Crippen molar-refractivity contribution in [3.63, 3.8) is 0 Å². The van der Waals surface area contributed by atoms with Crippen LogP contribution >= 0.6 is 12.2 Å². The summed E-state index contributed by atoms with van der Waals surface area (Å²) in [6, 6.07) is 4.00. The van der Waals surface area contributed by atoms with Gasteiger partial charge in [-0.3, -0.25) is 0 Å². The first-order valence-corrected chi connectivity index (χ1v) is 5.57. The van der Waals surface area contributed by atoms with Gasteiger partial charge in [-0.25, -0.2) is 0 Å². The van der Waals surface area contributed by atoms with Gasteiger partial charge in [-0.2, -0.15) is 0 Å². The maximum absolute atomic E-state index is 5.26. The van der Waals surface area contributed by atoms with E-state index in [1.165, 1.54) is 0 Å². The predicted molar refractivity (Wildman–Crippen MR) is 67.2 cm³/mol. The lowest BCUT2D eigenvalue weighted by atomic mass is 10.3. The fraction of sp³-hybridized carbons (Fsp3) is 0.545. The quantitative estimate of drug-likeness (QED) is 0.794. The summed E-state index contributed by atoms with van der Waals surface area (Å²) < 4.78 is 10.3. The van der Waals surface area contributed by atoms with Gasteiger partial charge >= 0.3 is 0 Å². The molecule has 0 radical (unpaired) electrons. The van der Waals surface area contributed by atoms with Crippen molar-refractivity contribution in [3.05, 3.63) is 24.2 Å². The summed E-state index contributed by atoms with van der Waals surface area (Å²) in [5, 5.41) is 3.88. The van der Waals surface area contributed by atoms with Gasteiger partial charge in [-0.05, 0) is 31.3 Å². The first-order valence-electron chi connectivity index (χ1n) is 5.16. The average molecular weight is 242 g/mol. The van der Waals surface area contributed by atoms with Gasteiger partial charge in [-0.15, -0.1) is 0 Å². The molecule has 1 N–H and O–H groups in total. The van der Waals surface area contributed by atoms with Gasteiger partial charge in [0, 0.05) is 20.2 Å². The van der Waals surface area contributed by atoms with Crippen molar-refractivity contribution in [2.75, 3.05) is 20.8 Å². The molecular weight excluding hydrogens is 224 g/mol. The smallest absolute Gasteiger partial charge is 0.169 e. The second kappa shape index (κ2) is 6.50. The van der Waals surface area contributed by atoms with Gasteiger partial charge in [0.15, 0.2) is 5.11 Å². The highest BCUT2D eigenvalue weighted by Gasteiger charge is 2.09. The number of nitrogens with zero attached hydrogens (tertiary/aromatic N) is 1. The van der Waals surface area contributed by atoms with E-state index in [-0.39, 0.29) is 6.04 Å². The van der Waals surface area contributed by atoms with Gasteiger partial charge < -0.3 is 19.4 Å². The summed E-state index contributed by atoms with van der Waals surface area (Å²) in [4.78, 5) is 1.93. The molecule has 0 amide bonds. The highest BCUT2D eigenvalue weighted by molar-refractivity contribution is 7.80. The van der Waals surface area contributed by atoms with Crippen LogP contribution < -0.4 is 5.32 Å². The molecule has 1 atom stereocenters. The molecule has 0 aliphatic carbocycles. The van der Waals surface area contributed by atoms with Crippen molar-refractivity contribution in [2.45, 2.75) is 19.5 Å². The van der Waals surface area contributed by atoms with Crippen LogP contribution in [0.15, 0.2) is 22.8 Å². The van der Waals surface area contributed by atoms with E-state index in [0.717, 1.165) is 5.76 Å². The standard InChI is InChI=1S/C11H18N2O2S/c1-9(8-14-3)12-11(16)13(2)7-10-5-4-6-15-10/h4-6,9H,7-8H2,1-3H3,(H,12,16). The molecule has 16 heavy (non-hydrogen) atoms. The van der Waals surface area contributed by atoms with Crippen molar-refractivity contribution in [3.8, 4) is 0 Å². The molecule has 0 saturated heterocycles. The van der Waals surface area contributed by atoms with E-state index >= 15 is 0 Å². The third-order valence-corrected chi connectivity index (χ3v) is 2.54. The van der Waals surface area contributed by atoms with E-state index in [2.05, 4.69) is 5.32 Å². The van der Waals surface area contributed by atoms with Crippen LogP contribution in [0, 0.1) is 0 Å². The van der Waals surface area contributed by atoms with Crippen molar-refractivity contribution < 1.29 is 9.15 Å². The van der Waals surface area contributed by atoms with Gasteiger partial charge in [0.2, 0.25) is 0 Å². The Balaban J connectivity index is 2.36. The summed E-state index contributed by atoms with van der Waals surface area (Å²) in [7, 11) is 3.60. The summed E-state index contributed by atoms with van der Waals surface area (Å²) in [5.74, 6) is 0.894. The molecule has 1 aromatic rings. The fourth-order valence-corrected chi connectivity index (χ4v) is 1.59. The zero-order valence-corrected chi connectivity index (χ0v) is 10.7. The van der Waals surface area contributed by atoms with Crippen LogP contribution in [0.4, 0.5) is 0 Å². The summed E-state index contributed by atoms with van der Waals surface area (Å²) in [6.45, 7) is 3.32. The van der Waals surface area contributed by atoms with Gasteiger partial charge in [0.1, 0.15) is 5.76 Å². The molecule has 1 heterocycles. The van der Waals surface area contributed by atoms with E-state index < -0.39 is 0 Å². The highest BCUT2D eigenvalue weighted by Crippen LogP contribution is 2.04. The maximum Gasteiger partial charge on any atom is 0.169 e. The SMILES string of the molecule is COCC(C)NC(=S)N(C)Cc1ccco1. The topological polar surface area (TPSA) is 37.6 Å². The number of hydrogen-bond donors (Lipinski definition) is 1. The Hall–Kier alpha value is -1.07. The lowest BCUT2D eigenvalue weighted by molar-refractivity contribution is 0.178. The Bertz CT molecular complexity index is 314. The van der Waals surface area contributed by atoms with Crippen molar-refractivity contribution >= 4 is 17.3 Å². The zero-order valence-electron chi connectivity index (χ0n) is 9.90. The molecule has 0 aromatic carbocycles. The average Bonchev–Trinajstić information content (AvgIpc) is 2.70. The third kappa shape index (κ3) is 4.20. The Labute approximate surface area is 102 Å². The van der Waals surface area contributed by atoms with Crippen molar-refractivity contribution in [1.82, 2.24) is 10.2 Å². The number of furan rings is 1. The maximum atomic E-state index is 5.26. The van der Waals surface area contributed by atoms with E-state index in [0.29, 0.717) is 18.3 Å². The molecule has 0 aliphatic rings. The molecule has 5 heteroatoms. The predicted octanol–water partition coefficient (Wildman–Crippen LogP) is 1.62. The monoisotopic (exact) mass is 242 g/mol. The number of rotatable bonds is 5. The lowest BCUT2D eigenvalue weighted by Gasteiger charge is -2.23. The first kappa shape index (κ1) is 13.0. The van der Waals surface area contributed by atoms with Crippen LogP contribution in [-0.4, -0.2) is 36.8 Å². The van der Waals surface area contributed by atoms with Crippen LogP contribution in [-0.2, 0) is 11.3 Å². The molecule has 0 bridgehead atoms. The molecule has 1 aromatic heterocycles. The van der Waals surface area contributed by atoms with Crippen molar-refractivity contribution in [2.24, 2.45) is 0 Å². The van der Waals surface area contributed by atoms with Gasteiger partial charge in [0.05, 0.1) is 19.4 Å². The number of ether oxygens (including phenoxy) is 1. The summed E-state index contributed by atoms with van der Waals surface area (Å²) >= 11 is 5.26. The summed E-state index contributed by atoms with van der Waals surface area (Å²) in [5.41, 5.74) is 0.